The van der Waals surface area contributed by atoms with E-state index in [9.17, 15) is 14.7 Å². The molecule has 31 heavy (non-hydrogen) atoms. The van der Waals surface area contributed by atoms with Crippen LogP contribution in [0.15, 0.2) is 84.3 Å². The molecule has 2 unspecified atom stereocenters. The number of allylic oxidation sites excluding steroid dienone is 1. The third kappa shape index (κ3) is 5.52. The predicted octanol–water partition coefficient (Wildman–Crippen LogP) is 2.88. The Balaban J connectivity index is 1.83. The topological polar surface area (TPSA) is 111 Å². The third-order valence-electron chi connectivity index (χ3n) is 4.84. The highest BCUT2D eigenvalue weighted by Gasteiger charge is 2.49. The minimum atomic E-state index is -1.58. The number of nitrogens with two attached hydrogens (primary N) is 1. The molecule has 0 saturated carbocycles. The third-order valence-corrected chi connectivity index (χ3v) is 4.84. The van der Waals surface area contributed by atoms with E-state index in [1.54, 1.807) is 6.92 Å². The summed E-state index contributed by atoms with van der Waals surface area (Å²) >= 11 is 0. The first-order valence-corrected chi connectivity index (χ1v) is 9.97. The van der Waals surface area contributed by atoms with Crippen LogP contribution < -0.4 is 11.1 Å². The van der Waals surface area contributed by atoms with Gasteiger partial charge in [-0.15, -0.1) is 0 Å². The van der Waals surface area contributed by atoms with Crippen molar-refractivity contribution in [2.45, 2.75) is 38.1 Å². The lowest BCUT2D eigenvalue weighted by Crippen LogP contribution is -2.58. The Labute approximate surface area is 181 Å². The molecule has 162 valence electrons. The number of carbonyl (C=O) groups is 2. The van der Waals surface area contributed by atoms with Crippen molar-refractivity contribution in [1.29, 1.82) is 0 Å². The van der Waals surface area contributed by atoms with Crippen LogP contribution in [0, 0.1) is 0 Å². The van der Waals surface area contributed by atoms with Gasteiger partial charge >= 0.3 is 11.9 Å². The number of esters is 2. The molecule has 1 aliphatic rings. The van der Waals surface area contributed by atoms with Crippen molar-refractivity contribution in [3.8, 4) is 0 Å². The molecule has 1 aliphatic heterocycles. The molecule has 0 aliphatic carbocycles. The summed E-state index contributed by atoms with van der Waals surface area (Å²) in [6.07, 6.45) is 2.53. The van der Waals surface area contributed by atoms with Crippen LogP contribution in [0.2, 0.25) is 0 Å². The van der Waals surface area contributed by atoms with Crippen molar-refractivity contribution < 1.29 is 24.2 Å². The largest absolute Gasteiger partial charge is 0.506 e. The van der Waals surface area contributed by atoms with Gasteiger partial charge in [0, 0.05) is 18.7 Å². The molecule has 0 amide bonds. The summed E-state index contributed by atoms with van der Waals surface area (Å²) in [6, 6.07) is 17.9. The summed E-state index contributed by atoms with van der Waals surface area (Å²) < 4.78 is 11.0. The Bertz CT molecular complexity index is 970. The van der Waals surface area contributed by atoms with Gasteiger partial charge in [-0.05, 0) is 24.1 Å². The molecule has 0 aromatic heterocycles. The molecule has 0 radical (unpaired) electrons. The molecule has 7 nitrogen and oxygen atoms in total. The Hall–Kier alpha value is -3.58. The SMILES string of the molecule is CC(N)CC1(C(=O)OCc2ccccc2)NC=C(O)C=C1C(=O)OCc1ccccc1. The monoisotopic (exact) mass is 422 g/mol. The van der Waals surface area contributed by atoms with Crippen LogP contribution in [0.1, 0.15) is 24.5 Å². The number of benzene rings is 2. The number of aliphatic hydroxyl groups is 1. The highest BCUT2D eigenvalue weighted by atomic mass is 16.5. The smallest absolute Gasteiger partial charge is 0.337 e. The zero-order chi connectivity index (χ0) is 22.3. The molecule has 1 heterocycles. The minimum Gasteiger partial charge on any atom is -0.506 e. The van der Waals surface area contributed by atoms with E-state index < -0.39 is 23.5 Å². The first kappa shape index (κ1) is 22.1. The predicted molar refractivity (Wildman–Crippen MR) is 115 cm³/mol. The second kappa shape index (κ2) is 9.95. The Kier molecular flexibility index (Phi) is 7.10. The summed E-state index contributed by atoms with van der Waals surface area (Å²) in [5.41, 5.74) is 5.97. The van der Waals surface area contributed by atoms with Crippen LogP contribution in [0.3, 0.4) is 0 Å². The average molecular weight is 422 g/mol. The molecule has 0 bridgehead atoms. The normalized spacial score (nSPS) is 18.8. The van der Waals surface area contributed by atoms with Gasteiger partial charge in [0.15, 0.2) is 5.54 Å². The first-order valence-electron chi connectivity index (χ1n) is 9.97. The lowest BCUT2D eigenvalue weighted by Gasteiger charge is -2.36. The minimum absolute atomic E-state index is 0.0226. The van der Waals surface area contributed by atoms with Crippen molar-refractivity contribution in [2.75, 3.05) is 0 Å². The fourth-order valence-corrected chi connectivity index (χ4v) is 3.37. The van der Waals surface area contributed by atoms with Gasteiger partial charge in [-0.25, -0.2) is 9.59 Å². The van der Waals surface area contributed by atoms with Crippen molar-refractivity contribution in [1.82, 2.24) is 5.32 Å². The van der Waals surface area contributed by atoms with Gasteiger partial charge in [0.05, 0.1) is 5.57 Å². The summed E-state index contributed by atoms with van der Waals surface area (Å²) in [6.45, 7) is 1.78. The van der Waals surface area contributed by atoms with Crippen LogP contribution in [0.4, 0.5) is 0 Å². The first-order chi connectivity index (χ1) is 14.9. The molecule has 2 atom stereocenters. The Morgan fingerprint density at radius 1 is 1.00 bits per heavy atom. The van der Waals surface area contributed by atoms with Gasteiger partial charge in [-0.2, -0.15) is 0 Å². The van der Waals surface area contributed by atoms with Crippen molar-refractivity contribution in [2.24, 2.45) is 5.73 Å². The lowest BCUT2D eigenvalue weighted by molar-refractivity contribution is -0.155. The van der Waals surface area contributed by atoms with Gasteiger partial charge in [-0.3, -0.25) is 0 Å². The Morgan fingerprint density at radius 3 is 2.10 bits per heavy atom. The summed E-state index contributed by atoms with van der Waals surface area (Å²) in [4.78, 5) is 26.2. The number of hydrogen-bond acceptors (Lipinski definition) is 7. The number of dihydropyridines is 1. The van der Waals surface area contributed by atoms with E-state index >= 15 is 0 Å². The maximum Gasteiger partial charge on any atom is 0.337 e. The number of carbonyl (C=O) groups excluding carboxylic acids is 2. The number of nitrogens with one attached hydrogen (secondary N) is 1. The molecular formula is C24H26N2O5. The number of aliphatic hydroxyl groups excluding tert-OH is 1. The molecule has 7 heteroatoms. The van der Waals surface area contributed by atoms with Gasteiger partial charge < -0.3 is 25.6 Å². The highest BCUT2D eigenvalue weighted by Crippen LogP contribution is 2.30. The van der Waals surface area contributed by atoms with Gasteiger partial charge in [0.2, 0.25) is 0 Å². The summed E-state index contributed by atoms with van der Waals surface area (Å²) in [5.74, 6) is -1.63. The molecule has 2 aromatic rings. The fraction of sp³-hybridized carbons (Fsp3) is 0.250. The van der Waals surface area contributed by atoms with Crippen molar-refractivity contribution in [3.05, 3.63) is 95.4 Å². The van der Waals surface area contributed by atoms with Gasteiger partial charge in [0.1, 0.15) is 19.0 Å². The molecule has 3 rings (SSSR count). The summed E-state index contributed by atoms with van der Waals surface area (Å²) in [5, 5.41) is 12.8. The van der Waals surface area contributed by atoms with E-state index in [0.29, 0.717) is 0 Å². The van der Waals surface area contributed by atoms with E-state index in [2.05, 4.69) is 5.32 Å². The Morgan fingerprint density at radius 2 is 1.55 bits per heavy atom. The van der Waals surface area contributed by atoms with E-state index in [1.165, 1.54) is 12.3 Å². The number of hydrogen-bond donors (Lipinski definition) is 3. The second-order valence-electron chi connectivity index (χ2n) is 7.48. The average Bonchev–Trinajstić information content (AvgIpc) is 2.78. The molecule has 0 saturated heterocycles. The van der Waals surface area contributed by atoms with Gasteiger partial charge in [0.25, 0.3) is 0 Å². The fourth-order valence-electron chi connectivity index (χ4n) is 3.37. The maximum absolute atomic E-state index is 13.2. The molecular weight excluding hydrogens is 396 g/mol. The van der Waals surface area contributed by atoms with Crippen LogP contribution in [0.5, 0.6) is 0 Å². The zero-order valence-electron chi connectivity index (χ0n) is 17.3. The maximum atomic E-state index is 13.2. The van der Waals surface area contributed by atoms with E-state index in [1.807, 2.05) is 60.7 Å². The molecule has 0 spiro atoms. The van der Waals surface area contributed by atoms with Crippen LogP contribution in [0.25, 0.3) is 0 Å². The van der Waals surface area contributed by atoms with Gasteiger partial charge in [-0.1, -0.05) is 60.7 Å². The molecule has 4 N–H and O–H groups in total. The molecule has 0 fully saturated rings. The number of rotatable bonds is 8. The van der Waals surface area contributed by atoms with Crippen molar-refractivity contribution in [3.63, 3.8) is 0 Å². The highest BCUT2D eigenvalue weighted by molar-refractivity contribution is 6.02. The summed E-state index contributed by atoms with van der Waals surface area (Å²) in [7, 11) is 0. The second-order valence-corrected chi connectivity index (χ2v) is 7.48. The van der Waals surface area contributed by atoms with Crippen LogP contribution >= 0.6 is 0 Å². The molecule has 2 aromatic carbocycles. The van der Waals surface area contributed by atoms with Crippen LogP contribution in [-0.4, -0.2) is 28.6 Å². The number of ether oxygens (including phenoxy) is 2. The van der Waals surface area contributed by atoms with Crippen molar-refractivity contribution >= 4 is 11.9 Å². The standard InChI is InChI=1S/C24H26N2O5/c1-17(25)13-24(23(29)31-16-19-10-6-3-7-11-19)21(12-20(27)14-26-24)22(28)30-15-18-8-4-2-5-9-18/h2-12,14,17,26-27H,13,15-16,25H2,1H3. The van der Waals surface area contributed by atoms with Crippen LogP contribution in [-0.2, 0) is 32.3 Å². The lowest BCUT2D eigenvalue weighted by atomic mass is 9.81. The zero-order valence-corrected chi connectivity index (χ0v) is 17.3. The van der Waals surface area contributed by atoms with E-state index in [0.717, 1.165) is 11.1 Å². The van der Waals surface area contributed by atoms with E-state index in [-0.39, 0.29) is 31.0 Å². The van der Waals surface area contributed by atoms with E-state index in [4.69, 9.17) is 15.2 Å². The quantitative estimate of drug-likeness (QED) is 0.561.